The molecule has 28 heavy (non-hydrogen) atoms. The third kappa shape index (κ3) is 3.51. The number of halogens is 2. The summed E-state index contributed by atoms with van der Waals surface area (Å²) in [4.78, 5) is 17.2. The number of carbonyl (C=O) groups is 1. The van der Waals surface area contributed by atoms with E-state index >= 15 is 0 Å². The van der Waals surface area contributed by atoms with E-state index in [-0.39, 0.29) is 27.9 Å². The molecule has 0 radical (unpaired) electrons. The first kappa shape index (κ1) is 18.9. The van der Waals surface area contributed by atoms with E-state index in [1.165, 1.54) is 30.3 Å². The third-order valence-corrected chi connectivity index (χ3v) is 5.50. The summed E-state index contributed by atoms with van der Waals surface area (Å²) >= 11 is 6.06. The van der Waals surface area contributed by atoms with Crippen molar-refractivity contribution in [3.63, 3.8) is 0 Å². The number of fused-ring (bicyclic) bond motifs is 1. The van der Waals surface area contributed by atoms with E-state index in [9.17, 15) is 14.3 Å². The molecule has 2 aromatic carbocycles. The number of hydrogen-bond acceptors (Lipinski definition) is 5. The number of phenolic OH excluding ortho intramolecular Hbond substituents is 1. The lowest BCUT2D eigenvalue weighted by Gasteiger charge is -2.32. The number of piperazine rings is 1. The summed E-state index contributed by atoms with van der Waals surface area (Å²) in [5.41, 5.74) is 1.03. The summed E-state index contributed by atoms with van der Waals surface area (Å²) in [5, 5.41) is 10.6. The largest absolute Gasteiger partial charge is 0.507 e. The summed E-state index contributed by atoms with van der Waals surface area (Å²) in [6.45, 7) is 4.07. The molecule has 0 saturated carbocycles. The van der Waals surface area contributed by atoms with Crippen LogP contribution in [0.15, 0.2) is 36.1 Å². The van der Waals surface area contributed by atoms with Gasteiger partial charge in [0.25, 0.3) is 0 Å². The summed E-state index contributed by atoms with van der Waals surface area (Å²) in [6, 6.07) is 7.36. The molecule has 0 aromatic heterocycles. The molecule has 0 aliphatic carbocycles. The molecule has 0 spiro atoms. The lowest BCUT2D eigenvalue weighted by molar-refractivity contribution is 0.101. The summed E-state index contributed by atoms with van der Waals surface area (Å²) in [7, 11) is 2.07. The van der Waals surface area contributed by atoms with E-state index in [0.717, 1.165) is 26.2 Å². The molecule has 0 unspecified atom stereocenters. The van der Waals surface area contributed by atoms with Gasteiger partial charge >= 0.3 is 0 Å². The van der Waals surface area contributed by atoms with Gasteiger partial charge in [-0.25, -0.2) is 4.39 Å². The Kier molecular flexibility index (Phi) is 5.10. The van der Waals surface area contributed by atoms with Crippen molar-refractivity contribution >= 4 is 23.5 Å². The molecule has 7 heteroatoms. The lowest BCUT2D eigenvalue weighted by Crippen LogP contribution is -2.43. The Hall–Kier alpha value is -2.41. The first-order valence-electron chi connectivity index (χ1n) is 9.08. The van der Waals surface area contributed by atoms with Gasteiger partial charge in [-0.1, -0.05) is 17.7 Å². The zero-order chi connectivity index (χ0) is 19.8. The van der Waals surface area contributed by atoms with Crippen LogP contribution in [0.3, 0.4) is 0 Å². The van der Waals surface area contributed by atoms with Crippen molar-refractivity contribution in [2.45, 2.75) is 6.54 Å². The Labute approximate surface area is 167 Å². The van der Waals surface area contributed by atoms with E-state index in [1.807, 2.05) is 0 Å². The number of carbonyl (C=O) groups excluding carboxylic acids is 1. The summed E-state index contributed by atoms with van der Waals surface area (Å²) < 4.78 is 19.9. The Morgan fingerprint density at radius 3 is 2.68 bits per heavy atom. The number of aromatic hydroxyl groups is 1. The number of likely N-dealkylation sites (N-methyl/N-ethyl adjacent to an activating group) is 1. The van der Waals surface area contributed by atoms with Gasteiger partial charge in [0.2, 0.25) is 5.78 Å². The topological polar surface area (TPSA) is 53.0 Å². The fourth-order valence-electron chi connectivity index (χ4n) is 3.46. The second-order valence-electron chi connectivity index (χ2n) is 7.09. The summed E-state index contributed by atoms with van der Waals surface area (Å²) in [5.74, 6) is -0.479. The molecule has 2 aliphatic rings. The van der Waals surface area contributed by atoms with Gasteiger partial charge in [0, 0.05) is 38.3 Å². The number of allylic oxidation sites excluding steroid dienone is 1. The predicted octanol–water partition coefficient (Wildman–Crippen LogP) is 3.55. The highest BCUT2D eigenvalue weighted by atomic mass is 35.5. The molecule has 146 valence electrons. The number of benzene rings is 2. The number of ketones is 1. The monoisotopic (exact) mass is 402 g/mol. The van der Waals surface area contributed by atoms with Gasteiger partial charge in [0.05, 0.1) is 16.1 Å². The quantitative estimate of drug-likeness (QED) is 0.796. The van der Waals surface area contributed by atoms with Crippen LogP contribution in [0.25, 0.3) is 6.08 Å². The molecule has 0 amide bonds. The maximum atomic E-state index is 14.1. The van der Waals surface area contributed by atoms with Crippen LogP contribution in [0.2, 0.25) is 5.02 Å². The Morgan fingerprint density at radius 2 is 1.96 bits per heavy atom. The van der Waals surface area contributed by atoms with Crippen molar-refractivity contribution in [3.8, 4) is 11.5 Å². The SMILES string of the molecule is CN1CCN(Cc2c(O)ccc3c2O/C(=C\c2c(F)cccc2Cl)C3=O)CC1. The fourth-order valence-corrected chi connectivity index (χ4v) is 3.68. The van der Waals surface area contributed by atoms with E-state index in [4.69, 9.17) is 16.3 Å². The van der Waals surface area contributed by atoms with Crippen LogP contribution >= 0.6 is 11.6 Å². The van der Waals surface area contributed by atoms with Gasteiger partial charge in [0.1, 0.15) is 17.3 Å². The molecule has 2 aliphatic heterocycles. The fraction of sp³-hybridized carbons (Fsp3) is 0.286. The molecule has 1 saturated heterocycles. The van der Waals surface area contributed by atoms with Gasteiger partial charge in [-0.15, -0.1) is 0 Å². The maximum absolute atomic E-state index is 14.1. The zero-order valence-corrected chi connectivity index (χ0v) is 16.2. The van der Waals surface area contributed by atoms with Gasteiger partial charge < -0.3 is 14.7 Å². The van der Waals surface area contributed by atoms with Gasteiger partial charge in [-0.2, -0.15) is 0 Å². The van der Waals surface area contributed by atoms with Crippen LogP contribution in [0.5, 0.6) is 11.5 Å². The molecule has 1 N–H and O–H groups in total. The average molecular weight is 403 g/mol. The van der Waals surface area contributed by atoms with Crippen LogP contribution in [-0.4, -0.2) is 53.9 Å². The first-order chi connectivity index (χ1) is 13.4. The van der Waals surface area contributed by atoms with Crippen molar-refractivity contribution in [3.05, 3.63) is 63.6 Å². The third-order valence-electron chi connectivity index (χ3n) is 5.17. The molecule has 2 aromatic rings. The Morgan fingerprint density at radius 1 is 1.21 bits per heavy atom. The number of Topliss-reactive ketones (excluding diaryl/α,β-unsaturated/α-hetero) is 1. The van der Waals surface area contributed by atoms with Gasteiger partial charge in [-0.05, 0) is 37.4 Å². The molecule has 5 nitrogen and oxygen atoms in total. The van der Waals surface area contributed by atoms with Crippen LogP contribution in [0, 0.1) is 5.82 Å². The molecule has 2 heterocycles. The number of phenols is 1. The van der Waals surface area contributed by atoms with Crippen molar-refractivity contribution in [1.82, 2.24) is 9.80 Å². The smallest absolute Gasteiger partial charge is 0.231 e. The van der Waals surface area contributed by atoms with E-state index in [0.29, 0.717) is 23.4 Å². The van der Waals surface area contributed by atoms with E-state index < -0.39 is 5.82 Å². The van der Waals surface area contributed by atoms with Crippen LogP contribution in [0.4, 0.5) is 4.39 Å². The van der Waals surface area contributed by atoms with E-state index in [1.54, 1.807) is 6.07 Å². The van der Waals surface area contributed by atoms with Crippen molar-refractivity contribution in [2.75, 3.05) is 33.2 Å². The minimum atomic E-state index is -0.534. The summed E-state index contributed by atoms with van der Waals surface area (Å²) in [6.07, 6.45) is 1.32. The van der Waals surface area contributed by atoms with Crippen molar-refractivity contribution in [1.29, 1.82) is 0 Å². The molecular formula is C21H20ClFN2O3. The number of nitrogens with zero attached hydrogens (tertiary/aromatic N) is 2. The van der Waals surface area contributed by atoms with Crippen molar-refractivity contribution < 1.29 is 19.0 Å². The van der Waals surface area contributed by atoms with Crippen LogP contribution in [-0.2, 0) is 6.54 Å². The predicted molar refractivity (Wildman–Crippen MR) is 105 cm³/mol. The number of hydrogen-bond donors (Lipinski definition) is 1. The van der Waals surface area contributed by atoms with E-state index in [2.05, 4.69) is 16.8 Å². The van der Waals surface area contributed by atoms with Crippen LogP contribution < -0.4 is 4.74 Å². The van der Waals surface area contributed by atoms with Gasteiger partial charge in [-0.3, -0.25) is 9.69 Å². The average Bonchev–Trinajstić information content (AvgIpc) is 2.98. The van der Waals surface area contributed by atoms with Crippen molar-refractivity contribution in [2.24, 2.45) is 0 Å². The first-order valence-corrected chi connectivity index (χ1v) is 9.46. The molecular weight excluding hydrogens is 383 g/mol. The highest BCUT2D eigenvalue weighted by molar-refractivity contribution is 6.32. The zero-order valence-electron chi connectivity index (χ0n) is 15.4. The highest BCUT2D eigenvalue weighted by Gasteiger charge is 2.32. The molecule has 4 rings (SSSR count). The molecule has 0 bridgehead atoms. The maximum Gasteiger partial charge on any atom is 0.231 e. The van der Waals surface area contributed by atoms with Gasteiger partial charge in [0.15, 0.2) is 5.76 Å². The Balaban J connectivity index is 1.66. The highest BCUT2D eigenvalue weighted by Crippen LogP contribution is 2.40. The standard InChI is InChI=1S/C21H20ClFN2O3/c1-24-7-9-25(10-8-24)12-15-18(26)6-5-13-20(27)19(28-21(13)15)11-14-16(22)3-2-4-17(14)23/h2-6,11,26H,7-10,12H2,1H3/b19-11-. The number of ether oxygens (including phenoxy) is 1. The minimum Gasteiger partial charge on any atom is -0.507 e. The Bertz CT molecular complexity index is 948. The second-order valence-corrected chi connectivity index (χ2v) is 7.50. The normalized spacial score (nSPS) is 19.1. The molecule has 0 atom stereocenters. The second kappa shape index (κ2) is 7.54. The lowest BCUT2D eigenvalue weighted by atomic mass is 10.0. The number of rotatable bonds is 3. The molecule has 1 fully saturated rings. The van der Waals surface area contributed by atoms with Crippen LogP contribution in [0.1, 0.15) is 21.5 Å². The minimum absolute atomic E-state index is 0.00720.